The van der Waals surface area contributed by atoms with E-state index in [-0.39, 0.29) is 0 Å². The Morgan fingerprint density at radius 2 is 1.69 bits per heavy atom. The first kappa shape index (κ1) is 18.3. The number of aliphatic hydroxyl groups excluding tert-OH is 1. The molecule has 0 spiro atoms. The number of fused-ring (bicyclic) bond motifs is 1. The van der Waals surface area contributed by atoms with Crippen molar-refractivity contribution < 1.29 is 19.3 Å². The van der Waals surface area contributed by atoms with Crippen molar-refractivity contribution in [2.45, 2.75) is 12.6 Å². The molecule has 7 heteroatoms. The molecule has 0 bridgehead atoms. The molecule has 0 saturated carbocycles. The fraction of sp³-hybridized carbons (Fsp3) is 0.316. The first-order valence-electron chi connectivity index (χ1n) is 8.19. The number of ether oxygens (including phenoxy) is 3. The number of hydrogen-bond donors (Lipinski definition) is 2. The van der Waals surface area contributed by atoms with E-state index in [1.54, 1.807) is 21.3 Å². The second-order valence-corrected chi connectivity index (χ2v) is 6.30. The zero-order valence-electron chi connectivity index (χ0n) is 15.0. The molecule has 1 aliphatic rings. The van der Waals surface area contributed by atoms with Gasteiger partial charge in [0.05, 0.1) is 27.9 Å². The van der Waals surface area contributed by atoms with Crippen LogP contribution in [0.25, 0.3) is 0 Å². The number of β-amino-alcohol motifs (C(OH)–C–C–N with tert-alkyl or cyclic N) is 1. The summed E-state index contributed by atoms with van der Waals surface area (Å²) in [4.78, 5) is 1.91. The van der Waals surface area contributed by atoms with Crippen LogP contribution in [-0.2, 0) is 6.54 Å². The van der Waals surface area contributed by atoms with E-state index in [1.807, 2.05) is 41.3 Å². The van der Waals surface area contributed by atoms with Crippen LogP contribution >= 0.6 is 12.2 Å². The van der Waals surface area contributed by atoms with Crippen molar-refractivity contribution in [1.29, 1.82) is 0 Å². The number of nitrogens with zero attached hydrogens (tertiary/aromatic N) is 1. The van der Waals surface area contributed by atoms with Crippen LogP contribution in [0.1, 0.15) is 17.2 Å². The van der Waals surface area contributed by atoms with E-state index in [0.29, 0.717) is 29.7 Å². The first-order chi connectivity index (χ1) is 12.6. The average Bonchev–Trinajstić information content (AvgIpc) is 2.67. The molecule has 1 aliphatic heterocycles. The Kier molecular flexibility index (Phi) is 5.49. The minimum absolute atomic E-state index is 0.374. The summed E-state index contributed by atoms with van der Waals surface area (Å²) < 4.78 is 16.0. The summed E-state index contributed by atoms with van der Waals surface area (Å²) in [6, 6.07) is 11.2. The topological polar surface area (TPSA) is 63.2 Å². The minimum Gasteiger partial charge on any atom is -0.497 e. The molecule has 0 amide bonds. The van der Waals surface area contributed by atoms with Crippen LogP contribution in [0.4, 0.5) is 5.69 Å². The number of hydrogen-bond acceptors (Lipinski definition) is 5. The van der Waals surface area contributed by atoms with Gasteiger partial charge in [0.25, 0.3) is 0 Å². The molecular weight excluding hydrogens is 352 g/mol. The molecule has 1 heterocycles. The Balaban J connectivity index is 1.82. The van der Waals surface area contributed by atoms with Crippen LogP contribution in [0.2, 0.25) is 0 Å². The second kappa shape index (κ2) is 7.80. The molecule has 6 nitrogen and oxygen atoms in total. The van der Waals surface area contributed by atoms with Crippen LogP contribution in [0, 0.1) is 0 Å². The van der Waals surface area contributed by atoms with E-state index < -0.39 is 6.10 Å². The quantitative estimate of drug-likeness (QED) is 0.798. The smallest absolute Gasteiger partial charge is 0.173 e. The Morgan fingerprint density at radius 3 is 2.31 bits per heavy atom. The highest BCUT2D eigenvalue weighted by Crippen LogP contribution is 2.39. The number of anilines is 1. The predicted molar refractivity (Wildman–Crippen MR) is 104 cm³/mol. The van der Waals surface area contributed by atoms with Gasteiger partial charge in [0, 0.05) is 23.4 Å². The lowest BCUT2D eigenvalue weighted by molar-refractivity contribution is 0.123. The van der Waals surface area contributed by atoms with Crippen LogP contribution in [-0.4, -0.2) is 43.0 Å². The Bertz CT molecular complexity index is 795. The van der Waals surface area contributed by atoms with E-state index in [2.05, 4.69) is 5.32 Å². The lowest BCUT2D eigenvalue weighted by Crippen LogP contribution is -2.41. The molecule has 0 aliphatic carbocycles. The highest BCUT2D eigenvalue weighted by atomic mass is 32.1. The number of methoxy groups -OCH3 is 3. The first-order valence-corrected chi connectivity index (χ1v) is 8.60. The molecule has 3 rings (SSSR count). The lowest BCUT2D eigenvalue weighted by Gasteiger charge is -2.35. The maximum Gasteiger partial charge on any atom is 0.173 e. The molecule has 2 aromatic carbocycles. The van der Waals surface area contributed by atoms with Crippen molar-refractivity contribution in [3.63, 3.8) is 0 Å². The molecule has 0 aromatic heterocycles. The monoisotopic (exact) mass is 374 g/mol. The summed E-state index contributed by atoms with van der Waals surface area (Å²) in [5, 5.41) is 14.4. The molecule has 1 atom stereocenters. The minimum atomic E-state index is -0.723. The van der Waals surface area contributed by atoms with Crippen molar-refractivity contribution in [3.05, 3.63) is 47.5 Å². The molecule has 26 heavy (non-hydrogen) atoms. The van der Waals surface area contributed by atoms with Gasteiger partial charge in [-0.05, 0) is 48.6 Å². The van der Waals surface area contributed by atoms with Crippen molar-refractivity contribution in [1.82, 2.24) is 4.90 Å². The molecular formula is C19H22N2O4S. The molecule has 0 fully saturated rings. The third kappa shape index (κ3) is 3.54. The zero-order chi connectivity index (χ0) is 18.7. The van der Waals surface area contributed by atoms with Gasteiger partial charge in [-0.15, -0.1) is 0 Å². The zero-order valence-corrected chi connectivity index (χ0v) is 15.8. The van der Waals surface area contributed by atoms with Gasteiger partial charge < -0.3 is 29.5 Å². The van der Waals surface area contributed by atoms with Crippen LogP contribution in [0.15, 0.2) is 36.4 Å². The van der Waals surface area contributed by atoms with E-state index in [9.17, 15) is 5.11 Å². The summed E-state index contributed by atoms with van der Waals surface area (Å²) in [6.07, 6.45) is -0.723. The largest absolute Gasteiger partial charge is 0.497 e. The standard InChI is InChI=1S/C19H22N2O4S/c1-23-13-6-4-12(5-7-13)20-19(26)21-10-14-16(24-2)8-9-17(25-3)18(14)15(22)11-21/h4-9,15,22H,10-11H2,1-3H3,(H,20,26)/t15-/m0/s1. The Morgan fingerprint density at radius 1 is 1.04 bits per heavy atom. The van der Waals surface area contributed by atoms with Crippen LogP contribution < -0.4 is 19.5 Å². The Hall–Kier alpha value is -2.51. The predicted octanol–water partition coefficient (Wildman–Crippen LogP) is 2.96. The highest BCUT2D eigenvalue weighted by molar-refractivity contribution is 7.80. The van der Waals surface area contributed by atoms with Crippen molar-refractivity contribution in [2.75, 3.05) is 33.2 Å². The fourth-order valence-corrected chi connectivity index (χ4v) is 3.36. The summed E-state index contributed by atoms with van der Waals surface area (Å²) in [6.45, 7) is 0.896. The summed E-state index contributed by atoms with van der Waals surface area (Å²) >= 11 is 5.54. The number of aliphatic hydroxyl groups is 1. The SMILES string of the molecule is COc1ccc(NC(=S)N2Cc3c(OC)ccc(OC)c3[C@@H](O)C2)cc1. The number of nitrogens with one attached hydrogen (secondary N) is 1. The van der Waals surface area contributed by atoms with Gasteiger partial charge in [0.15, 0.2) is 5.11 Å². The van der Waals surface area contributed by atoms with Crippen LogP contribution in [0.3, 0.4) is 0 Å². The lowest BCUT2D eigenvalue weighted by atomic mass is 9.95. The molecule has 0 radical (unpaired) electrons. The van der Waals surface area contributed by atoms with Crippen LogP contribution in [0.5, 0.6) is 17.2 Å². The van der Waals surface area contributed by atoms with E-state index in [1.165, 1.54) is 0 Å². The molecule has 0 saturated heterocycles. The van der Waals surface area contributed by atoms with Crippen molar-refractivity contribution in [2.24, 2.45) is 0 Å². The highest BCUT2D eigenvalue weighted by Gasteiger charge is 2.30. The average molecular weight is 374 g/mol. The third-order valence-corrected chi connectivity index (χ3v) is 4.78. The summed E-state index contributed by atoms with van der Waals surface area (Å²) in [5.41, 5.74) is 2.49. The molecule has 2 N–H and O–H groups in total. The fourth-order valence-electron chi connectivity index (χ4n) is 3.11. The van der Waals surface area contributed by atoms with Gasteiger partial charge in [-0.25, -0.2) is 0 Å². The van der Waals surface area contributed by atoms with Gasteiger partial charge >= 0.3 is 0 Å². The van der Waals surface area contributed by atoms with E-state index >= 15 is 0 Å². The summed E-state index contributed by atoms with van der Waals surface area (Å²) in [7, 11) is 4.83. The normalized spacial score (nSPS) is 15.8. The van der Waals surface area contributed by atoms with Gasteiger partial charge in [0.1, 0.15) is 23.4 Å². The third-order valence-electron chi connectivity index (χ3n) is 4.42. The Labute approximate surface area is 158 Å². The van der Waals surface area contributed by atoms with E-state index in [4.69, 9.17) is 26.4 Å². The van der Waals surface area contributed by atoms with Gasteiger partial charge in [-0.3, -0.25) is 0 Å². The van der Waals surface area contributed by atoms with Gasteiger partial charge in [-0.1, -0.05) is 0 Å². The van der Waals surface area contributed by atoms with Crippen molar-refractivity contribution >= 4 is 23.0 Å². The molecule has 2 aromatic rings. The molecule has 0 unspecified atom stereocenters. The number of rotatable bonds is 4. The van der Waals surface area contributed by atoms with Gasteiger partial charge in [-0.2, -0.15) is 0 Å². The maximum atomic E-state index is 10.7. The molecule has 138 valence electrons. The number of benzene rings is 2. The second-order valence-electron chi connectivity index (χ2n) is 5.92. The summed E-state index contributed by atoms with van der Waals surface area (Å²) in [5.74, 6) is 2.14. The maximum absolute atomic E-state index is 10.7. The van der Waals surface area contributed by atoms with E-state index in [0.717, 1.165) is 22.6 Å². The number of thiocarbonyl (C=S) groups is 1. The van der Waals surface area contributed by atoms with Gasteiger partial charge in [0.2, 0.25) is 0 Å². The van der Waals surface area contributed by atoms with Crippen molar-refractivity contribution in [3.8, 4) is 17.2 Å².